The van der Waals surface area contributed by atoms with Crippen molar-refractivity contribution in [2.45, 2.75) is 70.1 Å². The minimum atomic E-state index is -4.19. The van der Waals surface area contributed by atoms with Crippen LogP contribution < -0.4 is 4.74 Å². The summed E-state index contributed by atoms with van der Waals surface area (Å²) in [6.07, 6.45) is -2.72. The molecule has 36 heavy (non-hydrogen) atoms. The zero-order valence-corrected chi connectivity index (χ0v) is 20.5. The van der Waals surface area contributed by atoms with E-state index in [1.54, 1.807) is 13.2 Å². The first-order valence-corrected chi connectivity index (χ1v) is 12.4. The monoisotopic (exact) mass is 499 g/mol. The van der Waals surface area contributed by atoms with Crippen molar-refractivity contribution in [2.75, 3.05) is 13.7 Å². The molecule has 1 aliphatic heterocycles. The molecule has 0 radical (unpaired) electrons. The lowest BCUT2D eigenvalue weighted by Crippen LogP contribution is -2.42. The number of hydrogen-bond donors (Lipinski definition) is 0. The Balaban J connectivity index is 1.38. The Hall–Kier alpha value is -2.88. The number of fused-ring (bicyclic) bond motifs is 2. The molecule has 4 aliphatic rings. The highest BCUT2D eigenvalue weighted by Gasteiger charge is 2.69. The van der Waals surface area contributed by atoms with Gasteiger partial charge in [-0.15, -0.1) is 0 Å². The maximum Gasteiger partial charge on any atom is 0.394 e. The molecule has 1 saturated heterocycles. The quantitative estimate of drug-likeness (QED) is 0.467. The van der Waals surface area contributed by atoms with E-state index < -0.39 is 11.6 Å². The van der Waals surface area contributed by atoms with E-state index in [9.17, 15) is 13.2 Å². The second-order valence-electron chi connectivity index (χ2n) is 10.5. The van der Waals surface area contributed by atoms with Gasteiger partial charge in [-0.2, -0.15) is 13.2 Å². The Morgan fingerprint density at radius 2 is 1.78 bits per heavy atom. The summed E-state index contributed by atoms with van der Waals surface area (Å²) >= 11 is 0. The number of pyridine rings is 1. The molecule has 4 fully saturated rings. The number of halogens is 3. The highest BCUT2D eigenvalue weighted by atomic mass is 19.4. The van der Waals surface area contributed by atoms with E-state index in [1.807, 2.05) is 26.0 Å². The summed E-state index contributed by atoms with van der Waals surface area (Å²) < 4.78 is 52.8. The zero-order chi connectivity index (χ0) is 25.2. The predicted octanol–water partition coefficient (Wildman–Crippen LogP) is 5.52. The third-order valence-electron chi connectivity index (χ3n) is 8.36. The first-order chi connectivity index (χ1) is 17.2. The molecule has 7 nitrogen and oxygen atoms in total. The van der Waals surface area contributed by atoms with E-state index in [0.29, 0.717) is 48.0 Å². The average molecular weight is 500 g/mol. The predicted molar refractivity (Wildman–Crippen MR) is 125 cm³/mol. The molecule has 3 aromatic heterocycles. The second kappa shape index (κ2) is 8.33. The molecule has 7 rings (SSSR count). The van der Waals surface area contributed by atoms with Crippen LogP contribution in [0, 0.1) is 25.2 Å². The van der Waals surface area contributed by atoms with Crippen LogP contribution in [0.2, 0.25) is 0 Å². The van der Waals surface area contributed by atoms with Gasteiger partial charge in [0.2, 0.25) is 5.88 Å². The molecule has 3 aliphatic carbocycles. The Bertz CT molecular complexity index is 1320. The number of hydrogen-bond acceptors (Lipinski definition) is 7. The minimum absolute atomic E-state index is 0.0312. The number of ether oxygens (including phenoxy) is 2. The number of rotatable bonds is 4. The molecule has 0 aromatic carbocycles. The SMILES string of the molecule is COc1cccc([C@@H]2C[C@H](c3nc([C@@H]4CC5(C(F)(F)F)CC4C5)c4nc(C)c(C)nc4n3)CCO2)n1. The largest absolute Gasteiger partial charge is 0.481 e. The van der Waals surface area contributed by atoms with Crippen molar-refractivity contribution in [3.8, 4) is 5.88 Å². The summed E-state index contributed by atoms with van der Waals surface area (Å²) in [6.45, 7) is 4.23. The standard InChI is InChI=1S/C26H28F3N5O2/c1-13-14(2)31-24-22(30-13)21(17-12-25(26(27,28)29)10-16(17)11-25)33-23(34-24)15-7-8-36-19(9-15)18-5-4-6-20(32-18)35-3/h4-6,15-17,19H,7-12H2,1-3H3/t15-,16?,17-,19+,25?/m1/s1. The van der Waals surface area contributed by atoms with Gasteiger partial charge in [0.25, 0.3) is 0 Å². The molecule has 10 heteroatoms. The van der Waals surface area contributed by atoms with Crippen LogP contribution in [0.5, 0.6) is 5.88 Å². The average Bonchev–Trinajstić information content (AvgIpc) is 3.42. The van der Waals surface area contributed by atoms with Crippen molar-refractivity contribution >= 4 is 11.2 Å². The second-order valence-corrected chi connectivity index (χ2v) is 10.5. The lowest BCUT2D eigenvalue weighted by atomic mass is 9.68. The van der Waals surface area contributed by atoms with E-state index in [4.69, 9.17) is 24.4 Å². The van der Waals surface area contributed by atoms with Gasteiger partial charge in [-0.3, -0.25) is 0 Å². The van der Waals surface area contributed by atoms with E-state index in [1.165, 1.54) is 0 Å². The fourth-order valence-corrected chi connectivity index (χ4v) is 6.20. The van der Waals surface area contributed by atoms with Crippen molar-refractivity contribution in [1.82, 2.24) is 24.9 Å². The van der Waals surface area contributed by atoms with Gasteiger partial charge in [-0.25, -0.2) is 24.9 Å². The van der Waals surface area contributed by atoms with Crippen molar-refractivity contribution in [3.05, 3.63) is 46.8 Å². The van der Waals surface area contributed by atoms with Crippen molar-refractivity contribution in [1.29, 1.82) is 0 Å². The van der Waals surface area contributed by atoms with Crippen molar-refractivity contribution in [2.24, 2.45) is 11.3 Å². The van der Waals surface area contributed by atoms with Crippen LogP contribution in [0.4, 0.5) is 13.2 Å². The third kappa shape index (κ3) is 3.72. The Labute approximate surface area is 206 Å². The number of aryl methyl sites for hydroxylation is 2. The first kappa shape index (κ1) is 23.5. The van der Waals surface area contributed by atoms with Crippen molar-refractivity contribution < 1.29 is 22.6 Å². The Morgan fingerprint density at radius 1 is 1.00 bits per heavy atom. The van der Waals surface area contributed by atoms with Gasteiger partial charge in [0.05, 0.1) is 35.3 Å². The summed E-state index contributed by atoms with van der Waals surface area (Å²) in [5, 5.41) is 0. The van der Waals surface area contributed by atoms with E-state index in [2.05, 4.69) is 9.97 Å². The van der Waals surface area contributed by atoms with Crippen LogP contribution in [-0.4, -0.2) is 44.8 Å². The van der Waals surface area contributed by atoms with Crippen LogP contribution in [-0.2, 0) is 4.74 Å². The number of alkyl halides is 3. The molecule has 3 saturated carbocycles. The van der Waals surface area contributed by atoms with E-state index in [-0.39, 0.29) is 43.1 Å². The molecule has 0 spiro atoms. The lowest BCUT2D eigenvalue weighted by molar-refractivity contribution is -0.244. The van der Waals surface area contributed by atoms with Gasteiger partial charge in [0.1, 0.15) is 17.4 Å². The van der Waals surface area contributed by atoms with Gasteiger partial charge in [-0.05, 0) is 57.9 Å². The molecule has 2 bridgehead atoms. The lowest BCUT2D eigenvalue weighted by Gasteiger charge is -2.39. The number of methoxy groups -OCH3 is 1. The topological polar surface area (TPSA) is 82.9 Å². The Morgan fingerprint density at radius 3 is 2.50 bits per heavy atom. The summed E-state index contributed by atoms with van der Waals surface area (Å²) in [4.78, 5) is 23.6. The minimum Gasteiger partial charge on any atom is -0.481 e. The fourth-order valence-electron chi connectivity index (χ4n) is 6.20. The summed E-state index contributed by atoms with van der Waals surface area (Å²) in [5.74, 6) is 0.766. The molecule has 3 aromatic rings. The zero-order valence-electron chi connectivity index (χ0n) is 20.5. The van der Waals surface area contributed by atoms with E-state index in [0.717, 1.165) is 17.1 Å². The molecule has 3 atom stereocenters. The van der Waals surface area contributed by atoms with Gasteiger partial charge in [0.15, 0.2) is 5.65 Å². The molecule has 4 heterocycles. The van der Waals surface area contributed by atoms with Crippen molar-refractivity contribution in [3.63, 3.8) is 0 Å². The fraction of sp³-hybridized carbons (Fsp3) is 0.577. The van der Waals surface area contributed by atoms with Crippen LogP contribution in [0.3, 0.4) is 0 Å². The number of aromatic nitrogens is 5. The van der Waals surface area contributed by atoms with E-state index >= 15 is 0 Å². The molecule has 190 valence electrons. The Kier molecular flexibility index (Phi) is 5.44. The van der Waals surface area contributed by atoms with Gasteiger partial charge in [0, 0.05) is 24.5 Å². The molecular weight excluding hydrogens is 471 g/mol. The van der Waals surface area contributed by atoms with Gasteiger partial charge in [-0.1, -0.05) is 6.07 Å². The van der Waals surface area contributed by atoms with Crippen LogP contribution in [0.15, 0.2) is 18.2 Å². The molecule has 0 unspecified atom stereocenters. The molecular formula is C26H28F3N5O2. The van der Waals surface area contributed by atoms with Crippen LogP contribution >= 0.6 is 0 Å². The third-order valence-corrected chi connectivity index (χ3v) is 8.36. The van der Waals surface area contributed by atoms with Gasteiger partial charge < -0.3 is 9.47 Å². The first-order valence-electron chi connectivity index (χ1n) is 12.4. The maximum atomic E-state index is 13.8. The molecule has 0 N–H and O–H groups in total. The number of nitrogens with zero attached hydrogens (tertiary/aromatic N) is 5. The summed E-state index contributed by atoms with van der Waals surface area (Å²) in [5.41, 5.74) is 2.31. The highest BCUT2D eigenvalue weighted by molar-refractivity contribution is 5.74. The highest BCUT2D eigenvalue weighted by Crippen LogP contribution is 2.70. The normalized spacial score (nSPS) is 29.8. The van der Waals surface area contributed by atoms with Gasteiger partial charge >= 0.3 is 6.18 Å². The molecule has 0 amide bonds. The van der Waals surface area contributed by atoms with Crippen LogP contribution in [0.25, 0.3) is 11.2 Å². The maximum absolute atomic E-state index is 13.8. The smallest absolute Gasteiger partial charge is 0.394 e. The summed E-state index contributed by atoms with van der Waals surface area (Å²) in [7, 11) is 1.57. The summed E-state index contributed by atoms with van der Waals surface area (Å²) in [6, 6.07) is 5.57. The van der Waals surface area contributed by atoms with Crippen LogP contribution in [0.1, 0.15) is 78.6 Å².